The van der Waals surface area contributed by atoms with Crippen LogP contribution in [-0.2, 0) is 4.79 Å². The van der Waals surface area contributed by atoms with Gasteiger partial charge in [-0.05, 0) is 26.4 Å². The number of hydrogen-bond donors (Lipinski definition) is 0. The molecule has 2 aliphatic heterocycles. The van der Waals surface area contributed by atoms with Gasteiger partial charge >= 0.3 is 0 Å². The number of halogens is 1. The minimum absolute atomic E-state index is 0.0955. The van der Waals surface area contributed by atoms with Gasteiger partial charge in [0.1, 0.15) is 5.88 Å². The summed E-state index contributed by atoms with van der Waals surface area (Å²) >= 11 is 5.55. The molecule has 0 aromatic rings. The summed E-state index contributed by atoms with van der Waals surface area (Å²) in [5, 5.41) is 0. The van der Waals surface area contributed by atoms with Crippen LogP contribution in [0.4, 0.5) is 0 Å². The Balaban J connectivity index is 1.97. The van der Waals surface area contributed by atoms with Gasteiger partial charge < -0.3 is 9.80 Å². The summed E-state index contributed by atoms with van der Waals surface area (Å²) in [5.74, 6) is 0.226. The third-order valence-corrected chi connectivity index (χ3v) is 3.76. The number of carbonyl (C=O) groups is 1. The van der Waals surface area contributed by atoms with Crippen molar-refractivity contribution >= 4 is 17.5 Å². The van der Waals surface area contributed by atoms with E-state index in [0.29, 0.717) is 5.41 Å². The van der Waals surface area contributed by atoms with Gasteiger partial charge in [-0.15, -0.1) is 11.6 Å². The molecule has 0 saturated carbocycles. The number of carbonyl (C=O) groups excluding carboxylic acids is 1. The second kappa shape index (κ2) is 3.70. The molecule has 1 spiro atoms. The topological polar surface area (TPSA) is 23.6 Å². The van der Waals surface area contributed by atoms with E-state index in [1.54, 1.807) is 0 Å². The number of likely N-dealkylation sites (tertiary alicyclic amines) is 2. The van der Waals surface area contributed by atoms with Crippen LogP contribution in [0.5, 0.6) is 0 Å². The molecule has 2 rings (SSSR count). The molecule has 4 heteroatoms. The van der Waals surface area contributed by atoms with E-state index in [1.165, 1.54) is 13.0 Å². The Morgan fingerprint density at radius 2 is 2.07 bits per heavy atom. The van der Waals surface area contributed by atoms with Crippen LogP contribution in [0.15, 0.2) is 0 Å². The van der Waals surface area contributed by atoms with Crippen LogP contribution in [0.2, 0.25) is 0 Å². The van der Waals surface area contributed by atoms with Crippen molar-refractivity contribution in [3.8, 4) is 0 Å². The van der Waals surface area contributed by atoms with Crippen LogP contribution < -0.4 is 0 Å². The zero-order chi connectivity index (χ0) is 10.2. The maximum atomic E-state index is 11.4. The molecule has 0 aliphatic carbocycles. The smallest absolute Gasteiger partial charge is 0.237 e. The van der Waals surface area contributed by atoms with Crippen LogP contribution in [0.25, 0.3) is 0 Å². The van der Waals surface area contributed by atoms with Gasteiger partial charge in [-0.3, -0.25) is 4.79 Å². The van der Waals surface area contributed by atoms with Gasteiger partial charge in [0.25, 0.3) is 0 Å². The van der Waals surface area contributed by atoms with Gasteiger partial charge in [-0.25, -0.2) is 0 Å². The lowest BCUT2D eigenvalue weighted by Crippen LogP contribution is -2.34. The Labute approximate surface area is 90.0 Å². The molecule has 1 amide bonds. The average Bonchev–Trinajstić information content (AvgIpc) is 2.74. The summed E-state index contributed by atoms with van der Waals surface area (Å²) in [6.45, 7) is 4.13. The zero-order valence-corrected chi connectivity index (χ0v) is 9.39. The molecule has 0 bridgehead atoms. The lowest BCUT2D eigenvalue weighted by molar-refractivity contribution is -0.127. The molecule has 0 radical (unpaired) electrons. The molecule has 0 N–H and O–H groups in total. The van der Waals surface area contributed by atoms with Crippen molar-refractivity contribution < 1.29 is 4.79 Å². The molecule has 1 unspecified atom stereocenters. The van der Waals surface area contributed by atoms with Crippen molar-refractivity contribution in [2.24, 2.45) is 5.41 Å². The Kier molecular flexibility index (Phi) is 2.71. The number of hydrogen-bond acceptors (Lipinski definition) is 2. The van der Waals surface area contributed by atoms with Crippen LogP contribution >= 0.6 is 11.6 Å². The van der Waals surface area contributed by atoms with E-state index in [4.69, 9.17) is 11.6 Å². The fraction of sp³-hybridized carbons (Fsp3) is 0.900. The van der Waals surface area contributed by atoms with Gasteiger partial charge in [0.05, 0.1) is 0 Å². The summed E-state index contributed by atoms with van der Waals surface area (Å²) < 4.78 is 0. The van der Waals surface area contributed by atoms with Crippen molar-refractivity contribution in [1.29, 1.82) is 0 Å². The van der Waals surface area contributed by atoms with E-state index in [1.807, 2.05) is 4.90 Å². The quantitative estimate of drug-likeness (QED) is 0.605. The van der Waals surface area contributed by atoms with Crippen LogP contribution in [0.1, 0.15) is 12.8 Å². The van der Waals surface area contributed by atoms with Gasteiger partial charge in [0.2, 0.25) is 5.91 Å². The molecule has 80 valence electrons. The Morgan fingerprint density at radius 3 is 2.64 bits per heavy atom. The van der Waals surface area contributed by atoms with E-state index < -0.39 is 0 Å². The summed E-state index contributed by atoms with van der Waals surface area (Å²) in [4.78, 5) is 15.7. The van der Waals surface area contributed by atoms with E-state index in [-0.39, 0.29) is 11.8 Å². The number of alkyl halides is 1. The monoisotopic (exact) mass is 216 g/mol. The maximum Gasteiger partial charge on any atom is 0.237 e. The van der Waals surface area contributed by atoms with Crippen LogP contribution in [0.3, 0.4) is 0 Å². The highest BCUT2D eigenvalue weighted by molar-refractivity contribution is 6.27. The third-order valence-electron chi connectivity index (χ3n) is 3.53. The van der Waals surface area contributed by atoms with Crippen molar-refractivity contribution in [2.75, 3.05) is 39.1 Å². The highest BCUT2D eigenvalue weighted by atomic mass is 35.5. The first-order valence-electron chi connectivity index (χ1n) is 5.17. The molecule has 14 heavy (non-hydrogen) atoms. The fourth-order valence-corrected chi connectivity index (χ4v) is 2.89. The average molecular weight is 217 g/mol. The molecule has 3 nitrogen and oxygen atoms in total. The number of rotatable bonds is 1. The van der Waals surface area contributed by atoms with Gasteiger partial charge in [-0.1, -0.05) is 0 Å². The van der Waals surface area contributed by atoms with E-state index in [9.17, 15) is 4.79 Å². The van der Waals surface area contributed by atoms with Gasteiger partial charge in [0, 0.05) is 25.0 Å². The van der Waals surface area contributed by atoms with Crippen molar-refractivity contribution in [3.63, 3.8) is 0 Å². The molecule has 0 aromatic carbocycles. The van der Waals surface area contributed by atoms with Crippen LogP contribution in [0, 0.1) is 5.41 Å². The molecule has 2 saturated heterocycles. The second-order valence-corrected chi connectivity index (χ2v) is 4.95. The van der Waals surface area contributed by atoms with Gasteiger partial charge in [-0.2, -0.15) is 0 Å². The lowest BCUT2D eigenvalue weighted by Gasteiger charge is -2.23. The standard InChI is InChI=1S/C10H17ClN2O/c1-12-4-2-10(7-12)3-5-13(8-10)9(14)6-11/h2-8H2,1H3. The van der Waals surface area contributed by atoms with Crippen molar-refractivity contribution in [1.82, 2.24) is 9.80 Å². The van der Waals surface area contributed by atoms with Crippen molar-refractivity contribution in [3.05, 3.63) is 0 Å². The normalized spacial score (nSPS) is 33.1. The predicted molar refractivity (Wildman–Crippen MR) is 56.5 cm³/mol. The molecule has 1 atom stereocenters. The SMILES string of the molecule is CN1CCC2(CCN(C(=O)CCl)C2)C1. The summed E-state index contributed by atoms with van der Waals surface area (Å²) in [6, 6.07) is 0. The molecular formula is C10H17ClN2O. The first-order valence-corrected chi connectivity index (χ1v) is 5.71. The third kappa shape index (κ3) is 1.75. The van der Waals surface area contributed by atoms with Crippen molar-refractivity contribution in [2.45, 2.75) is 12.8 Å². The maximum absolute atomic E-state index is 11.4. The second-order valence-electron chi connectivity index (χ2n) is 4.69. The summed E-state index contributed by atoms with van der Waals surface area (Å²) in [5.41, 5.74) is 0.385. The highest BCUT2D eigenvalue weighted by Gasteiger charge is 2.43. The minimum Gasteiger partial charge on any atom is -0.341 e. The molecule has 2 heterocycles. The Hall–Kier alpha value is -0.280. The predicted octanol–water partition coefficient (Wildman–Crippen LogP) is 0.779. The highest BCUT2D eigenvalue weighted by Crippen LogP contribution is 2.38. The molecule has 0 aromatic heterocycles. The molecule has 2 fully saturated rings. The molecule has 2 aliphatic rings. The Morgan fingerprint density at radius 1 is 1.36 bits per heavy atom. The first-order chi connectivity index (χ1) is 6.65. The molecular weight excluding hydrogens is 200 g/mol. The summed E-state index contributed by atoms with van der Waals surface area (Å²) in [6.07, 6.45) is 2.38. The number of nitrogens with zero attached hydrogens (tertiary/aromatic N) is 2. The number of amides is 1. The van der Waals surface area contributed by atoms with E-state index >= 15 is 0 Å². The van der Waals surface area contributed by atoms with Crippen LogP contribution in [-0.4, -0.2) is 54.8 Å². The lowest BCUT2D eigenvalue weighted by atomic mass is 9.86. The van der Waals surface area contributed by atoms with E-state index in [0.717, 1.165) is 26.1 Å². The fourth-order valence-electron chi connectivity index (χ4n) is 2.72. The zero-order valence-electron chi connectivity index (χ0n) is 8.63. The van der Waals surface area contributed by atoms with E-state index in [2.05, 4.69) is 11.9 Å². The first kappa shape index (κ1) is 10.2. The van der Waals surface area contributed by atoms with Gasteiger partial charge in [0.15, 0.2) is 0 Å². The Bertz CT molecular complexity index is 246. The minimum atomic E-state index is 0.0955. The summed E-state index contributed by atoms with van der Waals surface area (Å²) in [7, 11) is 2.15. The largest absolute Gasteiger partial charge is 0.341 e.